The smallest absolute Gasteiger partial charge is 0.181 e. The van der Waals surface area contributed by atoms with Crippen LogP contribution in [0.1, 0.15) is 18.3 Å². The number of nitrogens with zero attached hydrogens (tertiary/aromatic N) is 3. The lowest BCUT2D eigenvalue weighted by atomic mass is 10.1. The third kappa shape index (κ3) is 1.84. The van der Waals surface area contributed by atoms with E-state index in [9.17, 15) is 0 Å². The van der Waals surface area contributed by atoms with Gasteiger partial charge in [0.15, 0.2) is 12.2 Å². The van der Waals surface area contributed by atoms with Gasteiger partial charge in [-0.1, -0.05) is 22.9 Å². The molecular weight excluding hydrogens is 258 g/mol. The molecule has 0 aromatic carbocycles. The Bertz CT molecular complexity index is 461. The Hall–Kier alpha value is -1.10. The lowest BCUT2D eigenvalue weighted by Crippen LogP contribution is -1.89. The maximum atomic E-state index is 5.40. The molecule has 2 heterocycles. The Labute approximate surface area is 96.4 Å². The van der Waals surface area contributed by atoms with Crippen molar-refractivity contribution in [2.24, 2.45) is 7.05 Å². The summed E-state index contributed by atoms with van der Waals surface area (Å²) in [5.74, 6) is 0.817. The van der Waals surface area contributed by atoms with Crippen molar-refractivity contribution < 1.29 is 4.42 Å². The monoisotopic (exact) mass is 269 g/mol. The van der Waals surface area contributed by atoms with Crippen LogP contribution in [0.15, 0.2) is 17.0 Å². The van der Waals surface area contributed by atoms with Gasteiger partial charge in [0.1, 0.15) is 0 Å². The molecule has 0 amide bonds. The van der Waals surface area contributed by atoms with Crippen molar-refractivity contribution in [2.75, 3.05) is 0 Å². The number of hydrogen-bond acceptors (Lipinski definition) is 3. The van der Waals surface area contributed by atoms with Gasteiger partial charge in [-0.3, -0.25) is 4.68 Å². The van der Waals surface area contributed by atoms with Crippen LogP contribution in [0.5, 0.6) is 0 Å². The van der Waals surface area contributed by atoms with Crippen LogP contribution >= 0.6 is 15.9 Å². The van der Waals surface area contributed by atoms with Gasteiger partial charge in [-0.2, -0.15) is 5.10 Å². The van der Waals surface area contributed by atoms with Gasteiger partial charge in [-0.25, -0.2) is 4.98 Å². The van der Waals surface area contributed by atoms with Crippen LogP contribution in [-0.2, 0) is 18.8 Å². The van der Waals surface area contributed by atoms with Crippen molar-refractivity contribution in [3.8, 4) is 11.3 Å². The van der Waals surface area contributed by atoms with Crippen LogP contribution in [0.4, 0.5) is 0 Å². The molecule has 0 bridgehead atoms. The quantitative estimate of drug-likeness (QED) is 0.805. The topological polar surface area (TPSA) is 43.9 Å². The van der Waals surface area contributed by atoms with Gasteiger partial charge in [0.2, 0.25) is 0 Å². The molecule has 0 unspecified atom stereocenters. The summed E-state index contributed by atoms with van der Waals surface area (Å²) >= 11 is 3.39. The summed E-state index contributed by atoms with van der Waals surface area (Å²) in [6.07, 6.45) is 4.32. The Kier molecular flexibility index (Phi) is 2.90. The second-order valence-corrected chi connectivity index (χ2v) is 3.84. The van der Waals surface area contributed by atoms with E-state index in [0.717, 1.165) is 29.1 Å². The lowest BCUT2D eigenvalue weighted by Gasteiger charge is -1.96. The highest BCUT2D eigenvalue weighted by Gasteiger charge is 2.15. The van der Waals surface area contributed by atoms with E-state index >= 15 is 0 Å². The molecule has 2 rings (SSSR count). The number of alkyl halides is 1. The highest BCUT2D eigenvalue weighted by Crippen LogP contribution is 2.27. The first-order valence-corrected chi connectivity index (χ1v) is 5.89. The van der Waals surface area contributed by atoms with E-state index in [1.54, 1.807) is 4.68 Å². The second kappa shape index (κ2) is 4.18. The van der Waals surface area contributed by atoms with E-state index in [0.29, 0.717) is 5.33 Å². The molecule has 0 radical (unpaired) electrons. The van der Waals surface area contributed by atoms with Gasteiger partial charge in [-0.15, -0.1) is 0 Å². The number of rotatable bonds is 3. The third-order valence-electron chi connectivity index (χ3n) is 2.25. The zero-order valence-electron chi connectivity index (χ0n) is 8.70. The van der Waals surface area contributed by atoms with Crippen molar-refractivity contribution in [3.63, 3.8) is 0 Å². The Morgan fingerprint density at radius 3 is 2.93 bits per heavy atom. The molecule has 80 valence electrons. The fourth-order valence-electron chi connectivity index (χ4n) is 1.57. The molecule has 0 atom stereocenters. The molecule has 0 aliphatic carbocycles. The first-order valence-electron chi connectivity index (χ1n) is 4.77. The van der Waals surface area contributed by atoms with E-state index in [1.165, 1.54) is 6.39 Å². The molecule has 0 spiro atoms. The summed E-state index contributed by atoms with van der Waals surface area (Å²) in [6, 6.07) is 0. The van der Waals surface area contributed by atoms with Crippen molar-refractivity contribution in [1.29, 1.82) is 0 Å². The summed E-state index contributed by atoms with van der Waals surface area (Å²) in [7, 11) is 1.91. The number of aryl methyl sites for hydroxylation is 2. The van der Waals surface area contributed by atoms with Crippen LogP contribution < -0.4 is 0 Å². The van der Waals surface area contributed by atoms with Crippen LogP contribution in [-0.4, -0.2) is 14.8 Å². The molecule has 0 saturated heterocycles. The fraction of sp³-hybridized carbons (Fsp3) is 0.400. The van der Waals surface area contributed by atoms with Crippen molar-refractivity contribution in [1.82, 2.24) is 14.8 Å². The van der Waals surface area contributed by atoms with Gasteiger partial charge in [0.25, 0.3) is 0 Å². The molecule has 5 heteroatoms. The van der Waals surface area contributed by atoms with Crippen LogP contribution in [0.2, 0.25) is 0 Å². The van der Waals surface area contributed by atoms with E-state index in [4.69, 9.17) is 4.42 Å². The zero-order chi connectivity index (χ0) is 10.8. The van der Waals surface area contributed by atoms with Gasteiger partial charge in [0.05, 0.1) is 17.0 Å². The third-order valence-corrected chi connectivity index (χ3v) is 2.78. The van der Waals surface area contributed by atoms with Crippen molar-refractivity contribution in [2.45, 2.75) is 18.7 Å². The maximum absolute atomic E-state index is 5.40. The van der Waals surface area contributed by atoms with Crippen molar-refractivity contribution in [3.05, 3.63) is 24.0 Å². The van der Waals surface area contributed by atoms with E-state index < -0.39 is 0 Å². The highest BCUT2D eigenvalue weighted by atomic mass is 79.9. The maximum Gasteiger partial charge on any atom is 0.181 e. The predicted octanol–water partition coefficient (Wildman–Crippen LogP) is 2.53. The second-order valence-electron chi connectivity index (χ2n) is 3.28. The number of hydrogen-bond donors (Lipinski definition) is 0. The molecule has 0 aliphatic heterocycles. The Balaban J connectivity index is 2.52. The minimum Gasteiger partial charge on any atom is -0.443 e. The number of halogens is 1. The van der Waals surface area contributed by atoms with Gasteiger partial charge < -0.3 is 4.42 Å². The minimum atomic E-state index is 0.691. The Morgan fingerprint density at radius 2 is 2.27 bits per heavy atom. The largest absolute Gasteiger partial charge is 0.443 e. The zero-order valence-corrected chi connectivity index (χ0v) is 10.3. The summed E-state index contributed by atoms with van der Waals surface area (Å²) in [6.45, 7) is 2.08. The average molecular weight is 270 g/mol. The number of oxazole rings is 1. The first-order chi connectivity index (χ1) is 7.26. The molecule has 4 nitrogen and oxygen atoms in total. The van der Waals surface area contributed by atoms with Gasteiger partial charge >= 0.3 is 0 Å². The molecule has 0 N–H and O–H groups in total. The van der Waals surface area contributed by atoms with Crippen molar-refractivity contribution >= 4 is 15.9 Å². The summed E-state index contributed by atoms with van der Waals surface area (Å²) < 4.78 is 7.20. The first kappa shape index (κ1) is 10.4. The van der Waals surface area contributed by atoms with Crippen LogP contribution in [0.25, 0.3) is 11.3 Å². The average Bonchev–Trinajstić information content (AvgIpc) is 2.82. The van der Waals surface area contributed by atoms with E-state index in [2.05, 4.69) is 32.9 Å². The lowest BCUT2D eigenvalue weighted by molar-refractivity contribution is 0.570. The summed E-state index contributed by atoms with van der Waals surface area (Å²) in [4.78, 5) is 4.15. The molecule has 15 heavy (non-hydrogen) atoms. The van der Waals surface area contributed by atoms with Crippen LogP contribution in [0.3, 0.4) is 0 Å². The normalized spacial score (nSPS) is 10.9. The predicted molar refractivity (Wildman–Crippen MR) is 60.7 cm³/mol. The summed E-state index contributed by atoms with van der Waals surface area (Å²) in [5.41, 5.74) is 2.99. The molecule has 2 aromatic rings. The van der Waals surface area contributed by atoms with Gasteiger partial charge in [-0.05, 0) is 6.42 Å². The fourth-order valence-corrected chi connectivity index (χ4v) is 1.97. The standard InChI is InChI=1S/C10H12BrN3O/c1-3-8-7(5-14(2)13-8)10-9(4-11)12-6-15-10/h5-6H,3-4H2,1-2H3. The van der Waals surface area contributed by atoms with Crippen LogP contribution in [0, 0.1) is 0 Å². The molecule has 0 saturated carbocycles. The molecule has 0 fully saturated rings. The molecule has 0 aliphatic rings. The van der Waals surface area contributed by atoms with E-state index in [-0.39, 0.29) is 0 Å². The molecular formula is C10H12BrN3O. The molecule has 2 aromatic heterocycles. The Morgan fingerprint density at radius 1 is 1.47 bits per heavy atom. The summed E-state index contributed by atoms with van der Waals surface area (Å²) in [5, 5.41) is 5.07. The minimum absolute atomic E-state index is 0.691. The SMILES string of the molecule is CCc1nn(C)cc1-c1ocnc1CBr. The highest BCUT2D eigenvalue weighted by molar-refractivity contribution is 9.08. The van der Waals surface area contributed by atoms with E-state index in [1.807, 2.05) is 13.2 Å². The number of aromatic nitrogens is 3. The van der Waals surface area contributed by atoms with Gasteiger partial charge in [0, 0.05) is 18.6 Å².